The third-order valence-electron chi connectivity index (χ3n) is 4.95. The zero-order valence-corrected chi connectivity index (χ0v) is 15.2. The van der Waals surface area contributed by atoms with E-state index in [1.54, 1.807) is 24.3 Å². The fourth-order valence-electron chi connectivity index (χ4n) is 3.86. The molecule has 3 N–H and O–H groups in total. The van der Waals surface area contributed by atoms with Gasteiger partial charge < -0.3 is 15.7 Å². The maximum atomic E-state index is 12.6. The van der Waals surface area contributed by atoms with E-state index in [9.17, 15) is 19.5 Å². The summed E-state index contributed by atoms with van der Waals surface area (Å²) >= 11 is 0. The smallest absolute Gasteiger partial charge is 0.307 e. The van der Waals surface area contributed by atoms with Crippen molar-refractivity contribution >= 4 is 23.5 Å². The molecule has 1 aromatic carbocycles. The molecule has 2 aliphatic carbocycles. The molecular weight excluding hydrogens is 332 g/mol. The Labute approximate surface area is 152 Å². The molecule has 1 fully saturated rings. The van der Waals surface area contributed by atoms with Crippen LogP contribution in [0.15, 0.2) is 36.4 Å². The number of amides is 2. The summed E-state index contributed by atoms with van der Waals surface area (Å²) in [4.78, 5) is 36.3. The zero-order valence-electron chi connectivity index (χ0n) is 15.2. The number of carbonyl (C=O) groups excluding carboxylic acids is 2. The highest BCUT2D eigenvalue weighted by atomic mass is 16.4. The number of rotatable bonds is 4. The van der Waals surface area contributed by atoms with Crippen molar-refractivity contribution < 1.29 is 19.5 Å². The Kier molecular flexibility index (Phi) is 4.61. The molecule has 26 heavy (non-hydrogen) atoms. The molecule has 6 heteroatoms. The van der Waals surface area contributed by atoms with Crippen molar-refractivity contribution in [1.29, 1.82) is 0 Å². The highest BCUT2D eigenvalue weighted by Crippen LogP contribution is 2.48. The molecule has 0 heterocycles. The maximum Gasteiger partial charge on any atom is 0.307 e. The van der Waals surface area contributed by atoms with E-state index >= 15 is 0 Å². The van der Waals surface area contributed by atoms with Crippen LogP contribution in [0.1, 0.15) is 37.6 Å². The fraction of sp³-hybridized carbons (Fsp3) is 0.450. The number of carbonyl (C=O) groups is 3. The first-order valence-corrected chi connectivity index (χ1v) is 8.80. The van der Waals surface area contributed by atoms with Gasteiger partial charge in [0.05, 0.1) is 11.8 Å². The van der Waals surface area contributed by atoms with Gasteiger partial charge in [-0.05, 0) is 63.3 Å². The van der Waals surface area contributed by atoms with Crippen LogP contribution < -0.4 is 10.6 Å². The molecule has 3 rings (SSSR count). The number of anilines is 1. The Bertz CT molecular complexity index is 761. The second-order valence-electron chi connectivity index (χ2n) is 8.11. The lowest BCUT2D eigenvalue weighted by molar-refractivity contribution is -0.146. The van der Waals surface area contributed by atoms with E-state index in [4.69, 9.17) is 0 Å². The SMILES string of the molecule is CC(C)(C)NC(=O)c1ccc(NC(=O)[C@H]2[C@H](C(=O)O)[C@H]3C=C[C@H]2C3)cc1. The van der Waals surface area contributed by atoms with Crippen molar-refractivity contribution in [3.8, 4) is 0 Å². The molecular formula is C20H24N2O4. The lowest BCUT2D eigenvalue weighted by Gasteiger charge is -2.24. The van der Waals surface area contributed by atoms with Gasteiger partial charge in [0.1, 0.15) is 0 Å². The van der Waals surface area contributed by atoms with Crippen molar-refractivity contribution in [3.63, 3.8) is 0 Å². The molecule has 2 bridgehead atoms. The predicted molar refractivity (Wildman–Crippen MR) is 97.6 cm³/mol. The van der Waals surface area contributed by atoms with Gasteiger partial charge in [-0.15, -0.1) is 0 Å². The number of carboxylic acids is 1. The number of hydrogen-bond donors (Lipinski definition) is 3. The number of carboxylic acid groups (broad SMARTS) is 1. The Balaban J connectivity index is 1.68. The number of fused-ring (bicyclic) bond motifs is 2. The van der Waals surface area contributed by atoms with E-state index in [1.165, 1.54) is 0 Å². The fourth-order valence-corrected chi connectivity index (χ4v) is 3.86. The van der Waals surface area contributed by atoms with Gasteiger partial charge in [-0.1, -0.05) is 12.2 Å². The van der Waals surface area contributed by atoms with Gasteiger partial charge in [-0.25, -0.2) is 0 Å². The van der Waals surface area contributed by atoms with Crippen molar-refractivity contribution in [2.24, 2.45) is 23.7 Å². The van der Waals surface area contributed by atoms with Crippen molar-refractivity contribution in [3.05, 3.63) is 42.0 Å². The molecule has 0 saturated heterocycles. The van der Waals surface area contributed by atoms with Crippen molar-refractivity contribution in [1.82, 2.24) is 5.32 Å². The van der Waals surface area contributed by atoms with Gasteiger partial charge in [-0.2, -0.15) is 0 Å². The largest absolute Gasteiger partial charge is 0.481 e. The standard InChI is InChI=1S/C20H24N2O4/c1-20(2,3)22-17(23)11-6-8-14(9-7-11)21-18(24)15-12-4-5-13(10-12)16(15)19(25)26/h4-9,12-13,15-16H,10H2,1-3H3,(H,21,24)(H,22,23)(H,25,26)/t12-,13-,15+,16+/m0/s1. The van der Waals surface area contributed by atoms with E-state index in [-0.39, 0.29) is 29.2 Å². The first-order chi connectivity index (χ1) is 12.2. The molecule has 0 spiro atoms. The van der Waals surface area contributed by atoms with Crippen molar-refractivity contribution in [2.75, 3.05) is 5.32 Å². The highest BCUT2D eigenvalue weighted by Gasteiger charge is 2.51. The van der Waals surface area contributed by atoms with E-state index in [0.29, 0.717) is 11.3 Å². The summed E-state index contributed by atoms with van der Waals surface area (Å²) < 4.78 is 0. The average molecular weight is 356 g/mol. The molecule has 0 unspecified atom stereocenters. The van der Waals surface area contributed by atoms with Gasteiger partial charge in [0.2, 0.25) is 5.91 Å². The summed E-state index contributed by atoms with van der Waals surface area (Å²) in [5, 5.41) is 15.1. The minimum Gasteiger partial charge on any atom is -0.481 e. The maximum absolute atomic E-state index is 12.6. The Morgan fingerprint density at radius 2 is 1.58 bits per heavy atom. The molecule has 2 amide bonds. The summed E-state index contributed by atoms with van der Waals surface area (Å²) in [5.74, 6) is -2.67. The van der Waals surface area contributed by atoms with Crippen LogP contribution in [0.4, 0.5) is 5.69 Å². The summed E-state index contributed by atoms with van der Waals surface area (Å²) in [7, 11) is 0. The predicted octanol–water partition coefficient (Wildman–Crippen LogP) is 2.68. The summed E-state index contributed by atoms with van der Waals surface area (Å²) in [6.07, 6.45) is 4.59. The van der Waals surface area contributed by atoms with Crippen LogP contribution in [0.3, 0.4) is 0 Å². The first-order valence-electron chi connectivity index (χ1n) is 8.80. The van der Waals surface area contributed by atoms with E-state index < -0.39 is 17.8 Å². The molecule has 1 saturated carbocycles. The van der Waals surface area contributed by atoms with Crippen LogP contribution in [0, 0.1) is 23.7 Å². The van der Waals surface area contributed by atoms with E-state index in [2.05, 4.69) is 10.6 Å². The second kappa shape index (κ2) is 6.59. The normalized spacial score (nSPS) is 26.6. The van der Waals surface area contributed by atoms with Crippen LogP contribution in [0.25, 0.3) is 0 Å². The van der Waals surface area contributed by atoms with Gasteiger partial charge >= 0.3 is 5.97 Å². The summed E-state index contributed by atoms with van der Waals surface area (Å²) in [6.45, 7) is 5.71. The summed E-state index contributed by atoms with van der Waals surface area (Å²) in [5.41, 5.74) is 0.730. The number of aliphatic carboxylic acids is 1. The monoisotopic (exact) mass is 356 g/mol. The minimum absolute atomic E-state index is 0.0158. The van der Waals surface area contributed by atoms with Crippen molar-refractivity contribution in [2.45, 2.75) is 32.7 Å². The van der Waals surface area contributed by atoms with Crippen LogP contribution in [0.5, 0.6) is 0 Å². The number of hydrogen-bond acceptors (Lipinski definition) is 3. The number of allylic oxidation sites excluding steroid dienone is 2. The molecule has 1 aromatic rings. The van der Waals surface area contributed by atoms with E-state index in [0.717, 1.165) is 6.42 Å². The molecule has 2 aliphatic rings. The number of benzene rings is 1. The highest BCUT2D eigenvalue weighted by molar-refractivity contribution is 5.98. The Hall–Kier alpha value is -2.63. The van der Waals surface area contributed by atoms with Crippen LogP contribution >= 0.6 is 0 Å². The van der Waals surface area contributed by atoms with Gasteiger partial charge in [0.15, 0.2) is 0 Å². The molecule has 138 valence electrons. The Morgan fingerprint density at radius 1 is 1.00 bits per heavy atom. The molecule has 0 aliphatic heterocycles. The van der Waals surface area contributed by atoms with Crippen LogP contribution in [-0.2, 0) is 9.59 Å². The minimum atomic E-state index is -0.920. The third kappa shape index (κ3) is 3.64. The third-order valence-corrected chi connectivity index (χ3v) is 4.95. The topological polar surface area (TPSA) is 95.5 Å². The van der Waals surface area contributed by atoms with Gasteiger partial charge in [0, 0.05) is 16.8 Å². The lowest BCUT2D eigenvalue weighted by Crippen LogP contribution is -2.40. The lowest BCUT2D eigenvalue weighted by atomic mass is 9.82. The van der Waals surface area contributed by atoms with E-state index in [1.807, 2.05) is 32.9 Å². The molecule has 4 atom stereocenters. The van der Waals surface area contributed by atoms with Gasteiger partial charge in [0.25, 0.3) is 5.91 Å². The zero-order chi connectivity index (χ0) is 19.1. The molecule has 0 aromatic heterocycles. The van der Waals surface area contributed by atoms with Crippen LogP contribution in [0.2, 0.25) is 0 Å². The molecule has 6 nitrogen and oxygen atoms in total. The van der Waals surface area contributed by atoms with Gasteiger partial charge in [-0.3, -0.25) is 14.4 Å². The number of nitrogens with one attached hydrogen (secondary N) is 2. The average Bonchev–Trinajstić information content (AvgIpc) is 3.14. The van der Waals surface area contributed by atoms with Crippen LogP contribution in [-0.4, -0.2) is 28.4 Å². The first kappa shape index (κ1) is 18.2. The molecule has 0 radical (unpaired) electrons. The summed E-state index contributed by atoms with van der Waals surface area (Å²) in [6, 6.07) is 6.61. The quantitative estimate of drug-likeness (QED) is 0.723. The Morgan fingerprint density at radius 3 is 2.12 bits per heavy atom. The second-order valence-corrected chi connectivity index (χ2v) is 8.11.